The van der Waals surface area contributed by atoms with Crippen LogP contribution in [0.1, 0.15) is 19.8 Å². The number of nitrogens with zero attached hydrogens (tertiary/aromatic N) is 1. The minimum absolute atomic E-state index is 0.133. The summed E-state index contributed by atoms with van der Waals surface area (Å²) in [6, 6.07) is 4.37. The van der Waals surface area contributed by atoms with Crippen molar-refractivity contribution in [2.75, 3.05) is 26.8 Å². The van der Waals surface area contributed by atoms with Crippen LogP contribution in [0.3, 0.4) is 0 Å². The third-order valence-corrected chi connectivity index (χ3v) is 6.04. The quantitative estimate of drug-likeness (QED) is 0.752. The molecule has 1 saturated heterocycles. The van der Waals surface area contributed by atoms with E-state index in [2.05, 4.69) is 0 Å². The van der Waals surface area contributed by atoms with Gasteiger partial charge in [-0.2, -0.15) is 4.31 Å². The second-order valence-electron chi connectivity index (χ2n) is 5.23. The summed E-state index contributed by atoms with van der Waals surface area (Å²) in [5.41, 5.74) is 0. The molecule has 6 nitrogen and oxygen atoms in total. The Balaban J connectivity index is 2.11. The average molecular weight is 362 g/mol. The zero-order valence-corrected chi connectivity index (χ0v) is 14.7. The molecule has 0 aliphatic carbocycles. The van der Waals surface area contributed by atoms with Crippen LogP contribution in [0.25, 0.3) is 0 Å². The van der Waals surface area contributed by atoms with Crippen molar-refractivity contribution in [3.63, 3.8) is 0 Å². The first-order valence-electron chi connectivity index (χ1n) is 7.40. The Morgan fingerprint density at radius 1 is 1.35 bits per heavy atom. The van der Waals surface area contributed by atoms with E-state index in [-0.39, 0.29) is 29.9 Å². The largest absolute Gasteiger partial charge is 0.495 e. The number of esters is 1. The lowest BCUT2D eigenvalue weighted by atomic mass is 9.98. The number of sulfonamides is 1. The van der Waals surface area contributed by atoms with Gasteiger partial charge in [0.1, 0.15) is 5.75 Å². The van der Waals surface area contributed by atoms with Crippen LogP contribution in [0.5, 0.6) is 5.75 Å². The predicted octanol–water partition coefficient (Wildman–Crippen LogP) is 2.31. The molecule has 1 aromatic rings. The molecule has 0 spiro atoms. The number of rotatable bonds is 5. The van der Waals surface area contributed by atoms with Gasteiger partial charge in [0.2, 0.25) is 10.0 Å². The maximum absolute atomic E-state index is 12.7. The minimum Gasteiger partial charge on any atom is -0.495 e. The van der Waals surface area contributed by atoms with Crippen molar-refractivity contribution >= 4 is 27.6 Å². The van der Waals surface area contributed by atoms with Crippen molar-refractivity contribution < 1.29 is 22.7 Å². The molecule has 0 radical (unpaired) electrons. The zero-order valence-electron chi connectivity index (χ0n) is 13.1. The van der Waals surface area contributed by atoms with Crippen molar-refractivity contribution in [2.24, 2.45) is 5.92 Å². The molecule has 0 amide bonds. The summed E-state index contributed by atoms with van der Waals surface area (Å²) in [5.74, 6) is -0.173. The van der Waals surface area contributed by atoms with Crippen molar-refractivity contribution in [1.82, 2.24) is 4.31 Å². The Morgan fingerprint density at radius 2 is 2.00 bits per heavy atom. The molecule has 1 aliphatic heterocycles. The van der Waals surface area contributed by atoms with Gasteiger partial charge < -0.3 is 9.47 Å². The van der Waals surface area contributed by atoms with E-state index in [0.29, 0.717) is 30.2 Å². The first kappa shape index (κ1) is 18.0. The minimum atomic E-state index is -3.63. The lowest BCUT2D eigenvalue weighted by Gasteiger charge is -2.30. The van der Waals surface area contributed by atoms with Gasteiger partial charge in [-0.1, -0.05) is 11.6 Å². The summed E-state index contributed by atoms with van der Waals surface area (Å²) in [6.07, 6.45) is 0.922. The number of hydrogen-bond acceptors (Lipinski definition) is 5. The van der Waals surface area contributed by atoms with Crippen LogP contribution in [0.2, 0.25) is 5.02 Å². The second-order valence-corrected chi connectivity index (χ2v) is 7.57. The number of carbonyl (C=O) groups excluding carboxylic acids is 1. The number of hydrogen-bond donors (Lipinski definition) is 0. The third-order valence-electron chi connectivity index (χ3n) is 3.83. The van der Waals surface area contributed by atoms with E-state index in [1.807, 2.05) is 0 Å². The Labute approximate surface area is 141 Å². The summed E-state index contributed by atoms with van der Waals surface area (Å²) in [7, 11) is -2.20. The fourth-order valence-corrected chi connectivity index (χ4v) is 4.22. The van der Waals surface area contributed by atoms with Crippen LogP contribution in [-0.2, 0) is 19.6 Å². The van der Waals surface area contributed by atoms with Crippen molar-refractivity contribution in [1.29, 1.82) is 0 Å². The van der Waals surface area contributed by atoms with Gasteiger partial charge in [-0.05, 0) is 31.9 Å². The molecule has 1 fully saturated rings. The smallest absolute Gasteiger partial charge is 0.309 e. The maximum Gasteiger partial charge on any atom is 0.309 e. The van der Waals surface area contributed by atoms with Crippen LogP contribution in [0.4, 0.5) is 0 Å². The summed E-state index contributed by atoms with van der Waals surface area (Å²) in [5, 5.41) is 0.354. The predicted molar refractivity (Wildman–Crippen MR) is 86.1 cm³/mol. The number of benzene rings is 1. The van der Waals surface area contributed by atoms with Crippen molar-refractivity contribution in [3.05, 3.63) is 23.2 Å². The normalized spacial score (nSPS) is 17.0. The fourth-order valence-electron chi connectivity index (χ4n) is 2.54. The molecular formula is C15H20ClNO5S. The summed E-state index contributed by atoms with van der Waals surface area (Å²) >= 11 is 5.93. The summed E-state index contributed by atoms with van der Waals surface area (Å²) in [6.45, 7) is 2.67. The number of ether oxygens (including phenoxy) is 2. The third kappa shape index (κ3) is 3.97. The van der Waals surface area contributed by atoms with Crippen LogP contribution in [-0.4, -0.2) is 45.5 Å². The zero-order chi connectivity index (χ0) is 17.0. The molecule has 8 heteroatoms. The van der Waals surface area contributed by atoms with Gasteiger partial charge in [0.25, 0.3) is 0 Å². The summed E-state index contributed by atoms with van der Waals surface area (Å²) in [4.78, 5) is 11.9. The monoisotopic (exact) mass is 361 g/mol. The molecule has 128 valence electrons. The molecular weight excluding hydrogens is 342 g/mol. The van der Waals surface area contributed by atoms with Crippen LogP contribution in [0.15, 0.2) is 23.1 Å². The van der Waals surface area contributed by atoms with Gasteiger partial charge in [0.05, 0.1) is 29.6 Å². The molecule has 1 heterocycles. The molecule has 0 aromatic heterocycles. The highest BCUT2D eigenvalue weighted by Gasteiger charge is 2.33. The highest BCUT2D eigenvalue weighted by molar-refractivity contribution is 7.89. The Kier molecular flexibility index (Phi) is 5.89. The molecule has 1 aliphatic rings. The first-order valence-corrected chi connectivity index (χ1v) is 9.22. The fraction of sp³-hybridized carbons (Fsp3) is 0.533. The maximum atomic E-state index is 12.7. The first-order chi connectivity index (χ1) is 10.9. The van der Waals surface area contributed by atoms with Crippen molar-refractivity contribution in [2.45, 2.75) is 24.7 Å². The number of halogens is 1. The highest BCUT2D eigenvalue weighted by Crippen LogP contribution is 2.30. The SMILES string of the molecule is CCOC(=O)C1CCN(S(=O)(=O)c2ccc(Cl)c(OC)c2)CC1. The molecule has 0 unspecified atom stereocenters. The van der Waals surface area contributed by atoms with Gasteiger partial charge >= 0.3 is 5.97 Å². The molecule has 0 saturated carbocycles. The molecule has 0 atom stereocenters. The Morgan fingerprint density at radius 3 is 2.57 bits per heavy atom. The van der Waals surface area contributed by atoms with E-state index in [0.717, 1.165) is 0 Å². The van der Waals surface area contributed by atoms with Gasteiger partial charge in [-0.25, -0.2) is 8.42 Å². The molecule has 23 heavy (non-hydrogen) atoms. The van der Waals surface area contributed by atoms with Gasteiger partial charge in [0, 0.05) is 19.2 Å². The number of carbonyl (C=O) groups is 1. The Bertz CT molecular complexity index is 668. The van der Waals surface area contributed by atoms with Crippen LogP contribution in [0, 0.1) is 5.92 Å². The molecule has 0 N–H and O–H groups in total. The highest BCUT2D eigenvalue weighted by atomic mass is 35.5. The van der Waals surface area contributed by atoms with E-state index in [9.17, 15) is 13.2 Å². The van der Waals surface area contributed by atoms with Crippen molar-refractivity contribution in [3.8, 4) is 5.75 Å². The number of methoxy groups -OCH3 is 1. The molecule has 2 rings (SSSR count). The van der Waals surface area contributed by atoms with Gasteiger partial charge in [-0.3, -0.25) is 4.79 Å². The second kappa shape index (κ2) is 7.51. The average Bonchev–Trinajstić information content (AvgIpc) is 2.55. The molecule has 0 bridgehead atoms. The molecule has 1 aromatic carbocycles. The van der Waals surface area contributed by atoms with Gasteiger partial charge in [0.15, 0.2) is 0 Å². The van der Waals surface area contributed by atoms with E-state index < -0.39 is 10.0 Å². The lowest BCUT2D eigenvalue weighted by molar-refractivity contribution is -0.149. The van der Waals surface area contributed by atoms with E-state index in [1.165, 1.54) is 29.6 Å². The summed E-state index contributed by atoms with van der Waals surface area (Å²) < 4.78 is 36.8. The topological polar surface area (TPSA) is 72.9 Å². The number of piperidine rings is 1. The van der Waals surface area contributed by atoms with Crippen LogP contribution >= 0.6 is 11.6 Å². The van der Waals surface area contributed by atoms with Gasteiger partial charge in [-0.15, -0.1) is 0 Å². The standard InChI is InChI=1S/C15H20ClNO5S/c1-3-22-15(18)11-6-8-17(9-7-11)23(19,20)12-4-5-13(16)14(10-12)21-2/h4-5,10-11H,3,6-9H2,1-2H3. The van der Waals surface area contributed by atoms with Crippen LogP contribution < -0.4 is 4.74 Å². The van der Waals surface area contributed by atoms with E-state index in [1.54, 1.807) is 6.92 Å². The van der Waals surface area contributed by atoms with E-state index >= 15 is 0 Å². The Hall–Kier alpha value is -1.31. The van der Waals surface area contributed by atoms with E-state index in [4.69, 9.17) is 21.1 Å². The lowest BCUT2D eigenvalue weighted by Crippen LogP contribution is -2.40.